The van der Waals surface area contributed by atoms with Crippen molar-refractivity contribution >= 4 is 27.8 Å². The minimum atomic E-state index is -1.05. The molecule has 0 spiro atoms. The van der Waals surface area contributed by atoms with Crippen LogP contribution in [0.2, 0.25) is 0 Å². The molecule has 0 aliphatic carbocycles. The molecule has 0 aliphatic heterocycles. The molecule has 1 rings (SSSR count). The number of carbonyl (C=O) groups excluding carboxylic acids is 1. The van der Waals surface area contributed by atoms with E-state index >= 15 is 0 Å². The summed E-state index contributed by atoms with van der Waals surface area (Å²) in [4.78, 5) is 22.3. The number of carboxylic acids is 1. The Kier molecular flexibility index (Phi) is 5.82. The number of nitrogens with one attached hydrogen (secondary N) is 1. The van der Waals surface area contributed by atoms with E-state index in [-0.39, 0.29) is 6.61 Å². The topological polar surface area (TPSA) is 75.6 Å². The highest BCUT2D eigenvalue weighted by atomic mass is 79.9. The smallest absolute Gasteiger partial charge is 0.326 e. The van der Waals surface area contributed by atoms with Gasteiger partial charge in [-0.2, -0.15) is 0 Å². The van der Waals surface area contributed by atoms with Gasteiger partial charge in [-0.15, -0.1) is 0 Å². The summed E-state index contributed by atoms with van der Waals surface area (Å²) in [6.07, 6.45) is 0.329. The molecule has 0 unspecified atom stereocenters. The lowest BCUT2D eigenvalue weighted by Crippen LogP contribution is -2.42. The van der Waals surface area contributed by atoms with Gasteiger partial charge in [0.15, 0.2) is 6.61 Å². The molecule has 1 atom stereocenters. The van der Waals surface area contributed by atoms with Crippen LogP contribution in [0.15, 0.2) is 22.7 Å². The van der Waals surface area contributed by atoms with Gasteiger partial charge in [-0.25, -0.2) is 4.79 Å². The second kappa shape index (κ2) is 7.13. The van der Waals surface area contributed by atoms with E-state index in [2.05, 4.69) is 21.2 Å². The van der Waals surface area contributed by atoms with Crippen molar-refractivity contribution in [1.29, 1.82) is 0 Å². The van der Waals surface area contributed by atoms with Crippen LogP contribution in [0.5, 0.6) is 5.75 Å². The van der Waals surface area contributed by atoms with Crippen LogP contribution in [-0.2, 0) is 9.59 Å². The molecular weight excluding hydrogens is 314 g/mol. The summed E-state index contributed by atoms with van der Waals surface area (Å²) in [6.45, 7) is 3.42. The molecule has 5 nitrogen and oxygen atoms in total. The van der Waals surface area contributed by atoms with Crippen LogP contribution in [0.3, 0.4) is 0 Å². The third-order valence-corrected chi connectivity index (χ3v) is 3.11. The zero-order valence-corrected chi connectivity index (χ0v) is 12.4. The quantitative estimate of drug-likeness (QED) is 0.838. The van der Waals surface area contributed by atoms with Gasteiger partial charge in [0.2, 0.25) is 0 Å². The van der Waals surface area contributed by atoms with E-state index in [9.17, 15) is 9.59 Å². The van der Waals surface area contributed by atoms with Crippen molar-refractivity contribution in [2.24, 2.45) is 0 Å². The zero-order valence-electron chi connectivity index (χ0n) is 10.8. The third kappa shape index (κ3) is 4.90. The Bertz CT molecular complexity index is 476. The number of carbonyl (C=O) groups is 2. The molecule has 0 saturated carbocycles. The number of ether oxygens (including phenoxy) is 1. The van der Waals surface area contributed by atoms with Crippen molar-refractivity contribution in [2.75, 3.05) is 6.61 Å². The highest BCUT2D eigenvalue weighted by Gasteiger charge is 2.17. The van der Waals surface area contributed by atoms with E-state index in [1.54, 1.807) is 13.0 Å². The number of rotatable bonds is 6. The molecule has 0 heterocycles. The van der Waals surface area contributed by atoms with Crippen LogP contribution >= 0.6 is 15.9 Å². The molecule has 1 aromatic carbocycles. The Hall–Kier alpha value is -1.56. The minimum absolute atomic E-state index is 0.217. The van der Waals surface area contributed by atoms with Crippen molar-refractivity contribution in [3.05, 3.63) is 28.2 Å². The molecule has 104 valence electrons. The van der Waals surface area contributed by atoms with Crippen LogP contribution in [0.1, 0.15) is 18.9 Å². The van der Waals surface area contributed by atoms with Gasteiger partial charge < -0.3 is 15.2 Å². The summed E-state index contributed by atoms with van der Waals surface area (Å²) in [5, 5.41) is 11.2. The normalized spacial score (nSPS) is 11.7. The number of halogens is 1. The Morgan fingerprint density at radius 3 is 2.68 bits per heavy atom. The average Bonchev–Trinajstić information content (AvgIpc) is 2.34. The van der Waals surface area contributed by atoms with E-state index in [1.165, 1.54) is 0 Å². The van der Waals surface area contributed by atoms with E-state index in [0.717, 1.165) is 10.0 Å². The van der Waals surface area contributed by atoms with Gasteiger partial charge >= 0.3 is 5.97 Å². The first kappa shape index (κ1) is 15.5. The highest BCUT2D eigenvalue weighted by molar-refractivity contribution is 9.10. The number of aliphatic carboxylic acids is 1. The standard InChI is InChI=1S/C13H16BrNO4/c1-3-10(13(17)18)15-12(16)7-19-11-5-4-8(2)6-9(11)14/h4-6,10H,3,7H2,1-2H3,(H,15,16)(H,17,18)/t10-/m0/s1. The van der Waals surface area contributed by atoms with E-state index < -0.39 is 17.9 Å². The first-order valence-electron chi connectivity index (χ1n) is 5.85. The summed E-state index contributed by atoms with van der Waals surface area (Å²) in [5.41, 5.74) is 1.07. The molecule has 1 amide bonds. The fourth-order valence-corrected chi connectivity index (χ4v) is 2.05. The molecule has 6 heteroatoms. The molecule has 0 saturated heterocycles. The second-order valence-electron chi connectivity index (χ2n) is 4.09. The minimum Gasteiger partial charge on any atom is -0.483 e. The maximum absolute atomic E-state index is 11.6. The van der Waals surface area contributed by atoms with Crippen LogP contribution in [0.25, 0.3) is 0 Å². The van der Waals surface area contributed by atoms with Crippen molar-refractivity contribution in [2.45, 2.75) is 26.3 Å². The summed E-state index contributed by atoms with van der Waals surface area (Å²) < 4.78 is 6.08. The van der Waals surface area contributed by atoms with Gasteiger partial charge in [-0.1, -0.05) is 13.0 Å². The van der Waals surface area contributed by atoms with Gasteiger partial charge in [0.1, 0.15) is 11.8 Å². The Labute approximate surface area is 120 Å². The number of amides is 1. The maximum atomic E-state index is 11.6. The lowest BCUT2D eigenvalue weighted by molar-refractivity contribution is -0.142. The van der Waals surface area contributed by atoms with Crippen molar-refractivity contribution < 1.29 is 19.4 Å². The lowest BCUT2D eigenvalue weighted by atomic mass is 10.2. The number of hydrogen-bond acceptors (Lipinski definition) is 3. The SMILES string of the molecule is CC[C@H](NC(=O)COc1ccc(C)cc1Br)C(=O)O. The third-order valence-electron chi connectivity index (χ3n) is 2.49. The van der Waals surface area contributed by atoms with Crippen LogP contribution in [0.4, 0.5) is 0 Å². The van der Waals surface area contributed by atoms with Crippen molar-refractivity contribution in [3.8, 4) is 5.75 Å². The predicted octanol–water partition coefficient (Wildman–Crippen LogP) is 2.12. The molecule has 1 aromatic rings. The first-order chi connectivity index (χ1) is 8.93. The first-order valence-corrected chi connectivity index (χ1v) is 6.64. The number of carboxylic acid groups (broad SMARTS) is 1. The number of benzene rings is 1. The molecule has 19 heavy (non-hydrogen) atoms. The lowest BCUT2D eigenvalue weighted by Gasteiger charge is -2.13. The monoisotopic (exact) mass is 329 g/mol. The van der Waals surface area contributed by atoms with E-state index in [0.29, 0.717) is 12.2 Å². The van der Waals surface area contributed by atoms with E-state index in [1.807, 2.05) is 19.1 Å². The Balaban J connectivity index is 2.52. The van der Waals surface area contributed by atoms with Gasteiger partial charge in [0.25, 0.3) is 5.91 Å². The van der Waals surface area contributed by atoms with Gasteiger partial charge in [-0.3, -0.25) is 4.79 Å². The molecule has 0 bridgehead atoms. The predicted molar refractivity (Wildman–Crippen MR) is 74.2 cm³/mol. The molecule has 2 N–H and O–H groups in total. The van der Waals surface area contributed by atoms with Crippen LogP contribution in [-0.4, -0.2) is 29.6 Å². The molecule has 0 aromatic heterocycles. The average molecular weight is 330 g/mol. The fourth-order valence-electron chi connectivity index (χ4n) is 1.44. The summed E-state index contributed by atoms with van der Waals surface area (Å²) in [5.74, 6) is -0.960. The maximum Gasteiger partial charge on any atom is 0.326 e. The molecule has 0 aliphatic rings. The Morgan fingerprint density at radius 1 is 1.47 bits per heavy atom. The number of aryl methyl sites for hydroxylation is 1. The largest absolute Gasteiger partial charge is 0.483 e. The summed E-state index contributed by atoms with van der Waals surface area (Å²) in [6, 6.07) is 4.61. The highest BCUT2D eigenvalue weighted by Crippen LogP contribution is 2.25. The second-order valence-corrected chi connectivity index (χ2v) is 4.94. The van der Waals surface area contributed by atoms with Crippen LogP contribution < -0.4 is 10.1 Å². The molecular formula is C13H16BrNO4. The van der Waals surface area contributed by atoms with Gasteiger partial charge in [0.05, 0.1) is 4.47 Å². The van der Waals surface area contributed by atoms with Crippen molar-refractivity contribution in [3.63, 3.8) is 0 Å². The van der Waals surface area contributed by atoms with Gasteiger partial charge in [0, 0.05) is 0 Å². The zero-order chi connectivity index (χ0) is 14.4. The number of hydrogen-bond donors (Lipinski definition) is 2. The molecule has 0 radical (unpaired) electrons. The van der Waals surface area contributed by atoms with Crippen molar-refractivity contribution in [1.82, 2.24) is 5.32 Å². The van der Waals surface area contributed by atoms with E-state index in [4.69, 9.17) is 9.84 Å². The summed E-state index contributed by atoms with van der Waals surface area (Å²) >= 11 is 3.33. The fraction of sp³-hybridized carbons (Fsp3) is 0.385. The van der Waals surface area contributed by atoms with Gasteiger partial charge in [-0.05, 0) is 47.0 Å². The molecule has 0 fully saturated rings. The Morgan fingerprint density at radius 2 is 2.16 bits per heavy atom. The summed E-state index contributed by atoms with van der Waals surface area (Å²) in [7, 11) is 0. The van der Waals surface area contributed by atoms with Crippen LogP contribution in [0, 0.1) is 6.92 Å².